The first-order valence-corrected chi connectivity index (χ1v) is 8.71. The average Bonchev–Trinajstić information content (AvgIpc) is 3.09. The lowest BCUT2D eigenvalue weighted by Crippen LogP contribution is -2.38. The summed E-state index contributed by atoms with van der Waals surface area (Å²) in [6.45, 7) is 0. The second-order valence-electron chi connectivity index (χ2n) is 5.53. The summed E-state index contributed by atoms with van der Waals surface area (Å²) in [7, 11) is 0. The SMILES string of the molecule is NC(=O)C(N)Cc1cccc(CSc2nnnn2-c2ccccc2)c1. The van der Waals surface area contributed by atoms with Crippen molar-refractivity contribution >= 4 is 17.7 Å². The highest BCUT2D eigenvalue weighted by Crippen LogP contribution is 2.23. The second-order valence-corrected chi connectivity index (χ2v) is 6.47. The summed E-state index contributed by atoms with van der Waals surface area (Å²) in [6.07, 6.45) is 0.426. The van der Waals surface area contributed by atoms with Crippen LogP contribution >= 0.6 is 11.8 Å². The molecule has 8 heteroatoms. The molecule has 0 aliphatic carbocycles. The van der Waals surface area contributed by atoms with Gasteiger partial charge in [0.05, 0.1) is 11.7 Å². The number of tetrazole rings is 1. The lowest BCUT2D eigenvalue weighted by molar-refractivity contribution is -0.119. The van der Waals surface area contributed by atoms with Crippen molar-refractivity contribution < 1.29 is 4.79 Å². The number of para-hydroxylation sites is 1. The Kier molecular flexibility index (Phi) is 5.42. The third-order valence-corrected chi connectivity index (χ3v) is 4.61. The van der Waals surface area contributed by atoms with Gasteiger partial charge in [0.2, 0.25) is 11.1 Å². The van der Waals surface area contributed by atoms with Crippen LogP contribution in [0.2, 0.25) is 0 Å². The van der Waals surface area contributed by atoms with Crippen molar-refractivity contribution in [2.75, 3.05) is 0 Å². The van der Waals surface area contributed by atoms with Crippen LogP contribution in [0, 0.1) is 0 Å². The molecule has 1 unspecified atom stereocenters. The Morgan fingerprint density at radius 2 is 1.88 bits per heavy atom. The molecule has 0 spiro atoms. The zero-order chi connectivity index (χ0) is 17.6. The Morgan fingerprint density at radius 1 is 1.12 bits per heavy atom. The Hall–Kier alpha value is -2.71. The first kappa shape index (κ1) is 17.1. The predicted octanol–water partition coefficient (Wildman–Crippen LogP) is 1.31. The standard InChI is InChI=1S/C17H18N6OS/c18-15(16(19)24)10-12-5-4-6-13(9-12)11-25-17-20-21-22-23(17)14-7-2-1-3-8-14/h1-9,15H,10-11,18H2,(H2,19,24). The molecule has 0 radical (unpaired) electrons. The summed E-state index contributed by atoms with van der Waals surface area (Å²) < 4.78 is 1.71. The van der Waals surface area contributed by atoms with Gasteiger partial charge in [0.15, 0.2) is 0 Å². The monoisotopic (exact) mass is 354 g/mol. The number of hydrogen-bond donors (Lipinski definition) is 2. The van der Waals surface area contributed by atoms with Gasteiger partial charge < -0.3 is 11.5 Å². The van der Waals surface area contributed by atoms with E-state index in [1.807, 2.05) is 54.6 Å². The van der Waals surface area contributed by atoms with Gasteiger partial charge in [0.1, 0.15) is 0 Å². The fourth-order valence-corrected chi connectivity index (χ4v) is 3.18. The van der Waals surface area contributed by atoms with Crippen molar-refractivity contribution in [3.8, 4) is 5.69 Å². The maximum absolute atomic E-state index is 11.1. The van der Waals surface area contributed by atoms with Gasteiger partial charge >= 0.3 is 0 Å². The molecule has 0 bridgehead atoms. The number of rotatable bonds is 7. The molecule has 3 aromatic rings. The summed E-state index contributed by atoms with van der Waals surface area (Å²) in [5.74, 6) is 0.203. The number of nitrogens with zero attached hydrogens (tertiary/aromatic N) is 4. The van der Waals surface area contributed by atoms with Crippen LogP contribution < -0.4 is 11.5 Å². The van der Waals surface area contributed by atoms with Crippen molar-refractivity contribution in [3.05, 3.63) is 65.7 Å². The van der Waals surface area contributed by atoms with E-state index in [9.17, 15) is 4.79 Å². The maximum atomic E-state index is 11.1. The Labute approximate surface area is 149 Å². The van der Waals surface area contributed by atoms with Crippen LogP contribution in [0.3, 0.4) is 0 Å². The van der Waals surface area contributed by atoms with E-state index in [4.69, 9.17) is 11.5 Å². The summed E-state index contributed by atoms with van der Waals surface area (Å²) in [5.41, 5.74) is 13.9. The van der Waals surface area contributed by atoms with Crippen molar-refractivity contribution in [3.63, 3.8) is 0 Å². The fraction of sp³-hybridized carbons (Fsp3) is 0.176. The van der Waals surface area contributed by atoms with E-state index in [1.165, 1.54) is 11.8 Å². The number of benzene rings is 2. The number of carbonyl (C=O) groups is 1. The third-order valence-electron chi connectivity index (χ3n) is 3.62. The number of amides is 1. The van der Waals surface area contributed by atoms with Crippen molar-refractivity contribution in [2.24, 2.45) is 11.5 Å². The number of primary amides is 1. The van der Waals surface area contributed by atoms with Crippen molar-refractivity contribution in [1.82, 2.24) is 20.2 Å². The molecule has 0 aliphatic rings. The van der Waals surface area contributed by atoms with Crippen LogP contribution in [-0.4, -0.2) is 32.2 Å². The molecule has 1 heterocycles. The maximum Gasteiger partial charge on any atom is 0.234 e. The highest BCUT2D eigenvalue weighted by atomic mass is 32.2. The van der Waals surface area contributed by atoms with Gasteiger partial charge in [-0.25, -0.2) is 0 Å². The number of nitrogens with two attached hydrogens (primary N) is 2. The van der Waals surface area contributed by atoms with Crippen LogP contribution in [0.1, 0.15) is 11.1 Å². The Bertz CT molecular complexity index is 851. The summed E-state index contributed by atoms with van der Waals surface area (Å²) in [6, 6.07) is 17.0. The highest BCUT2D eigenvalue weighted by molar-refractivity contribution is 7.98. The van der Waals surface area contributed by atoms with Gasteiger partial charge in [-0.05, 0) is 40.1 Å². The van der Waals surface area contributed by atoms with E-state index >= 15 is 0 Å². The van der Waals surface area contributed by atoms with Gasteiger partial charge in [-0.3, -0.25) is 4.79 Å². The van der Waals surface area contributed by atoms with E-state index in [0.717, 1.165) is 16.8 Å². The number of hydrogen-bond acceptors (Lipinski definition) is 6. The normalized spacial score (nSPS) is 12.0. The van der Waals surface area contributed by atoms with Crippen LogP contribution in [0.15, 0.2) is 59.8 Å². The molecular weight excluding hydrogens is 336 g/mol. The van der Waals surface area contributed by atoms with Crippen molar-refractivity contribution in [2.45, 2.75) is 23.4 Å². The van der Waals surface area contributed by atoms with E-state index in [1.54, 1.807) is 4.68 Å². The largest absolute Gasteiger partial charge is 0.368 e. The topological polar surface area (TPSA) is 113 Å². The van der Waals surface area contributed by atoms with Gasteiger partial charge in [0.25, 0.3) is 0 Å². The lowest BCUT2D eigenvalue weighted by Gasteiger charge is -2.09. The molecule has 0 saturated carbocycles. The van der Waals surface area contributed by atoms with E-state index < -0.39 is 11.9 Å². The van der Waals surface area contributed by atoms with Crippen LogP contribution in [0.4, 0.5) is 0 Å². The van der Waals surface area contributed by atoms with Gasteiger partial charge in [0, 0.05) is 5.75 Å². The Morgan fingerprint density at radius 3 is 2.64 bits per heavy atom. The zero-order valence-corrected chi connectivity index (χ0v) is 14.3. The number of thioether (sulfide) groups is 1. The Balaban J connectivity index is 1.69. The second kappa shape index (κ2) is 7.91. The van der Waals surface area contributed by atoms with Crippen molar-refractivity contribution in [1.29, 1.82) is 0 Å². The molecule has 1 aromatic heterocycles. The number of aromatic nitrogens is 4. The van der Waals surface area contributed by atoms with Crippen LogP contribution in [0.25, 0.3) is 5.69 Å². The molecule has 128 valence electrons. The molecule has 1 amide bonds. The first-order valence-electron chi connectivity index (χ1n) is 7.73. The first-order chi connectivity index (χ1) is 12.1. The molecule has 0 aliphatic heterocycles. The number of carbonyl (C=O) groups excluding carboxylic acids is 1. The molecule has 0 saturated heterocycles. The lowest BCUT2D eigenvalue weighted by atomic mass is 10.0. The fourth-order valence-electron chi connectivity index (χ4n) is 2.35. The molecule has 1 atom stereocenters. The van der Waals surface area contributed by atoms with E-state index in [0.29, 0.717) is 17.3 Å². The van der Waals surface area contributed by atoms with Gasteiger partial charge in [-0.1, -0.05) is 54.2 Å². The molecule has 2 aromatic carbocycles. The molecule has 7 nitrogen and oxygen atoms in total. The quantitative estimate of drug-likeness (QED) is 0.619. The summed E-state index contributed by atoms with van der Waals surface area (Å²) >= 11 is 1.54. The minimum Gasteiger partial charge on any atom is -0.368 e. The molecule has 4 N–H and O–H groups in total. The minimum atomic E-state index is -0.673. The molecular formula is C17H18N6OS. The predicted molar refractivity (Wildman–Crippen MR) is 96.0 cm³/mol. The van der Waals surface area contributed by atoms with Crippen LogP contribution in [-0.2, 0) is 17.0 Å². The van der Waals surface area contributed by atoms with E-state index in [-0.39, 0.29) is 0 Å². The molecule has 3 rings (SSSR count). The minimum absolute atomic E-state index is 0.426. The average molecular weight is 354 g/mol. The molecule has 25 heavy (non-hydrogen) atoms. The third kappa shape index (κ3) is 4.43. The summed E-state index contributed by atoms with van der Waals surface area (Å²) in [5, 5.41) is 12.6. The zero-order valence-electron chi connectivity index (χ0n) is 13.4. The smallest absolute Gasteiger partial charge is 0.234 e. The summed E-state index contributed by atoms with van der Waals surface area (Å²) in [4.78, 5) is 11.1. The highest BCUT2D eigenvalue weighted by Gasteiger charge is 2.11. The van der Waals surface area contributed by atoms with Crippen LogP contribution in [0.5, 0.6) is 0 Å². The molecule has 0 fully saturated rings. The van der Waals surface area contributed by atoms with E-state index in [2.05, 4.69) is 15.5 Å². The van der Waals surface area contributed by atoms with Gasteiger partial charge in [-0.2, -0.15) is 4.68 Å². The van der Waals surface area contributed by atoms with Gasteiger partial charge in [-0.15, -0.1) is 5.10 Å².